The molecule has 2 aromatic rings. The van der Waals surface area contributed by atoms with Crippen molar-refractivity contribution in [2.24, 2.45) is 0 Å². The summed E-state index contributed by atoms with van der Waals surface area (Å²) in [5, 5.41) is 3.38. The fourth-order valence-corrected chi connectivity index (χ4v) is 2.95. The average Bonchev–Trinajstić information content (AvgIpc) is 2.67. The molecule has 9 heteroatoms. The molecule has 0 aromatic heterocycles. The lowest BCUT2D eigenvalue weighted by molar-refractivity contribution is 0.153. The zero-order valence-electron chi connectivity index (χ0n) is 15.7. The molecule has 0 aliphatic rings. The molecule has 1 N–H and O–H groups in total. The normalized spacial score (nSPS) is 11.1. The third-order valence-corrected chi connectivity index (χ3v) is 5.20. The molecule has 0 saturated heterocycles. The highest BCUT2D eigenvalue weighted by Crippen LogP contribution is 2.18. The Balaban J connectivity index is 2.12. The van der Waals surface area contributed by atoms with E-state index < -0.39 is 10.1 Å². The van der Waals surface area contributed by atoms with E-state index in [0.29, 0.717) is 23.9 Å². The van der Waals surface area contributed by atoms with E-state index in [0.717, 1.165) is 5.56 Å². The van der Waals surface area contributed by atoms with Crippen LogP contribution in [0.4, 0.5) is 10.5 Å². The number of carbonyl (C=O) groups is 1. The Morgan fingerprint density at radius 1 is 1.18 bits per heavy atom. The van der Waals surface area contributed by atoms with E-state index in [4.69, 9.17) is 20.5 Å². The number of nitrogens with zero attached hydrogens (tertiary/aromatic N) is 1. The summed E-state index contributed by atoms with van der Waals surface area (Å²) in [6.07, 6.45) is 0. The van der Waals surface area contributed by atoms with Crippen LogP contribution in [0.5, 0.6) is 5.75 Å². The Kier molecular flexibility index (Phi) is 8.10. The lowest BCUT2D eigenvalue weighted by atomic mass is 10.2. The first-order valence-electron chi connectivity index (χ1n) is 8.64. The lowest BCUT2D eigenvalue weighted by Gasteiger charge is -2.23. The summed E-state index contributed by atoms with van der Waals surface area (Å²) >= 11 is 5.86. The second kappa shape index (κ2) is 10.3. The third kappa shape index (κ3) is 7.03. The number of anilines is 1. The van der Waals surface area contributed by atoms with Crippen LogP contribution in [0.2, 0.25) is 5.02 Å². The van der Waals surface area contributed by atoms with Crippen LogP contribution in [0.3, 0.4) is 0 Å². The molecule has 0 heterocycles. The molecule has 0 radical (unpaired) electrons. The minimum absolute atomic E-state index is 0.124. The monoisotopic (exact) mass is 426 g/mol. The Labute approximate surface area is 170 Å². The van der Waals surface area contributed by atoms with Crippen LogP contribution in [0.1, 0.15) is 12.5 Å². The highest BCUT2D eigenvalue weighted by Gasteiger charge is 2.15. The second-order valence-corrected chi connectivity index (χ2v) is 8.22. The maximum absolute atomic E-state index is 12.7. The molecule has 0 bridgehead atoms. The van der Waals surface area contributed by atoms with Gasteiger partial charge in [0.15, 0.2) is 0 Å². The van der Waals surface area contributed by atoms with Gasteiger partial charge in [-0.25, -0.2) is 4.79 Å². The highest BCUT2D eigenvalue weighted by atomic mass is 35.5. The van der Waals surface area contributed by atoms with Crippen molar-refractivity contribution in [3.63, 3.8) is 0 Å². The van der Waals surface area contributed by atoms with Crippen molar-refractivity contribution < 1.29 is 22.1 Å². The van der Waals surface area contributed by atoms with Crippen molar-refractivity contribution >= 4 is 33.4 Å². The first-order chi connectivity index (χ1) is 13.3. The van der Waals surface area contributed by atoms with E-state index >= 15 is 0 Å². The van der Waals surface area contributed by atoms with Gasteiger partial charge >= 0.3 is 16.1 Å². The number of benzene rings is 2. The van der Waals surface area contributed by atoms with Gasteiger partial charge < -0.3 is 19.1 Å². The van der Waals surface area contributed by atoms with Gasteiger partial charge in [-0.3, -0.25) is 0 Å². The zero-order valence-corrected chi connectivity index (χ0v) is 17.3. The Bertz CT molecular complexity index is 887. The summed E-state index contributed by atoms with van der Waals surface area (Å²) in [5.74, 6) is 0.0879. The lowest BCUT2D eigenvalue weighted by Crippen LogP contribution is -2.36. The molecule has 0 fully saturated rings. The number of ether oxygens (including phenoxy) is 1. The van der Waals surface area contributed by atoms with Gasteiger partial charge in [-0.05, 0) is 48.9 Å². The number of halogens is 1. The molecule has 152 valence electrons. The first kappa shape index (κ1) is 22.0. The van der Waals surface area contributed by atoms with Crippen LogP contribution in [-0.4, -0.2) is 45.4 Å². The smallest absolute Gasteiger partial charge is 0.322 e. The number of hydrogen-bond donors (Lipinski definition) is 1. The molecule has 0 aliphatic heterocycles. The van der Waals surface area contributed by atoms with E-state index in [1.165, 1.54) is 6.92 Å². The molecule has 0 saturated carbocycles. The zero-order chi connectivity index (χ0) is 20.6. The highest BCUT2D eigenvalue weighted by molar-refractivity contribution is 7.87. The molecule has 0 atom stereocenters. The van der Waals surface area contributed by atoms with E-state index in [1.54, 1.807) is 60.5 Å². The molecule has 2 amide bonds. The summed E-state index contributed by atoms with van der Waals surface area (Å²) in [6, 6.07) is 13.1. The van der Waals surface area contributed by atoms with Gasteiger partial charge in [0.1, 0.15) is 5.75 Å². The molecule has 0 unspecified atom stereocenters. The van der Waals surface area contributed by atoms with Crippen LogP contribution < -0.4 is 9.50 Å². The van der Waals surface area contributed by atoms with E-state index in [-0.39, 0.29) is 24.1 Å². The minimum atomic E-state index is -3.62. The summed E-state index contributed by atoms with van der Waals surface area (Å²) in [4.78, 5) is 14.2. The maximum atomic E-state index is 12.7. The second-order valence-electron chi connectivity index (χ2n) is 5.93. The van der Waals surface area contributed by atoms with Crippen molar-refractivity contribution in [3.05, 3.63) is 59.1 Å². The molecule has 7 nitrogen and oxygen atoms in total. The molecule has 0 spiro atoms. The van der Waals surface area contributed by atoms with Gasteiger partial charge in [0.2, 0.25) is 0 Å². The summed E-state index contributed by atoms with van der Waals surface area (Å²) in [5.41, 5.74) is 1.34. The van der Waals surface area contributed by atoms with Gasteiger partial charge in [0.25, 0.3) is 0 Å². The Hall–Kier alpha value is -2.29. The SMILES string of the molecule is CCS(=O)(=O)Oc1cccc(CN(CCOC)C(=O)Nc2ccc(Cl)cc2)c1. The van der Waals surface area contributed by atoms with Gasteiger partial charge in [-0.15, -0.1) is 0 Å². The summed E-state index contributed by atoms with van der Waals surface area (Å²) in [6.45, 7) is 2.47. The third-order valence-electron chi connectivity index (χ3n) is 3.80. The number of amides is 2. The van der Waals surface area contributed by atoms with E-state index in [2.05, 4.69) is 5.32 Å². The summed E-state index contributed by atoms with van der Waals surface area (Å²) < 4.78 is 33.4. The topological polar surface area (TPSA) is 84.9 Å². The largest absolute Gasteiger partial charge is 0.383 e. The van der Waals surface area contributed by atoms with E-state index in [1.807, 2.05) is 0 Å². The van der Waals surface area contributed by atoms with Gasteiger partial charge in [0, 0.05) is 30.9 Å². The first-order valence-corrected chi connectivity index (χ1v) is 10.6. The van der Waals surface area contributed by atoms with Crippen molar-refractivity contribution in [3.8, 4) is 5.75 Å². The molecular weight excluding hydrogens is 404 g/mol. The van der Waals surface area contributed by atoms with Crippen molar-refractivity contribution in [2.45, 2.75) is 13.5 Å². The quantitative estimate of drug-likeness (QED) is 0.617. The van der Waals surface area contributed by atoms with Crippen molar-refractivity contribution in [1.29, 1.82) is 0 Å². The minimum Gasteiger partial charge on any atom is -0.383 e. The van der Waals surface area contributed by atoms with Gasteiger partial charge in [-0.1, -0.05) is 23.7 Å². The number of nitrogens with one attached hydrogen (secondary N) is 1. The standard InChI is InChI=1S/C19H23ClN2O5S/c1-3-28(24,25)27-18-6-4-5-15(13-18)14-22(11-12-26-2)19(23)21-17-9-7-16(20)8-10-17/h4-10,13H,3,11-12,14H2,1-2H3,(H,21,23). The Morgan fingerprint density at radius 3 is 2.54 bits per heavy atom. The van der Waals surface area contributed by atoms with Crippen LogP contribution in [0, 0.1) is 0 Å². The van der Waals surface area contributed by atoms with Gasteiger partial charge in [-0.2, -0.15) is 8.42 Å². The predicted molar refractivity (Wildman–Crippen MR) is 109 cm³/mol. The van der Waals surface area contributed by atoms with Crippen molar-refractivity contribution in [1.82, 2.24) is 4.90 Å². The fourth-order valence-electron chi connectivity index (χ4n) is 2.31. The molecule has 0 aliphatic carbocycles. The molecule has 2 rings (SSSR count). The number of rotatable bonds is 9. The predicted octanol–water partition coefficient (Wildman–Crippen LogP) is 3.75. The van der Waals surface area contributed by atoms with E-state index in [9.17, 15) is 13.2 Å². The molecular formula is C19H23ClN2O5S. The number of urea groups is 1. The maximum Gasteiger partial charge on any atom is 0.322 e. The average molecular weight is 427 g/mol. The van der Waals surface area contributed by atoms with Crippen LogP contribution in [0.25, 0.3) is 0 Å². The van der Waals surface area contributed by atoms with Crippen LogP contribution in [-0.2, 0) is 21.4 Å². The number of carbonyl (C=O) groups excluding carboxylic acids is 1. The number of methoxy groups -OCH3 is 1. The summed E-state index contributed by atoms with van der Waals surface area (Å²) in [7, 11) is -2.06. The van der Waals surface area contributed by atoms with Crippen LogP contribution in [0.15, 0.2) is 48.5 Å². The number of hydrogen-bond acceptors (Lipinski definition) is 5. The molecule has 28 heavy (non-hydrogen) atoms. The van der Waals surface area contributed by atoms with Crippen LogP contribution >= 0.6 is 11.6 Å². The fraction of sp³-hybridized carbons (Fsp3) is 0.316. The van der Waals surface area contributed by atoms with Gasteiger partial charge in [0.05, 0.1) is 12.4 Å². The Morgan fingerprint density at radius 2 is 1.89 bits per heavy atom. The van der Waals surface area contributed by atoms with Crippen molar-refractivity contribution in [2.75, 3.05) is 31.3 Å². The molecule has 2 aromatic carbocycles.